The Labute approximate surface area is 103 Å². The molecule has 0 radical (unpaired) electrons. The summed E-state index contributed by atoms with van der Waals surface area (Å²) in [5.41, 5.74) is 0. The highest BCUT2D eigenvalue weighted by Crippen LogP contribution is 2.38. The van der Waals surface area contributed by atoms with E-state index >= 15 is 0 Å². The summed E-state index contributed by atoms with van der Waals surface area (Å²) in [5, 5.41) is 11.0. The molecule has 0 amide bonds. The summed E-state index contributed by atoms with van der Waals surface area (Å²) >= 11 is 5.94. The Kier molecular flexibility index (Phi) is 3.02. The molecule has 0 spiro atoms. The van der Waals surface area contributed by atoms with Crippen molar-refractivity contribution in [3.05, 3.63) is 48.0 Å². The van der Waals surface area contributed by atoms with Crippen LogP contribution in [0, 0.1) is 0 Å². The maximum Gasteiger partial charge on any atom is 0.335 e. The summed E-state index contributed by atoms with van der Waals surface area (Å²) in [6, 6.07) is 8.31. The molecule has 17 heavy (non-hydrogen) atoms. The largest absolute Gasteiger partial charge is 0.507 e. The molecule has 1 N–H and O–H groups in total. The van der Waals surface area contributed by atoms with Gasteiger partial charge in [0.15, 0.2) is 5.75 Å². The standard InChI is InChI=1S/C13H9ClO3/c1-2-12(16)17-13-9-6-4-3-5-8(9)11(15)7-10(13)14/h2-7,15H,1H2. The van der Waals surface area contributed by atoms with E-state index in [1.54, 1.807) is 24.3 Å². The van der Waals surface area contributed by atoms with Crippen LogP contribution in [0.15, 0.2) is 43.0 Å². The molecule has 86 valence electrons. The van der Waals surface area contributed by atoms with E-state index in [0.717, 1.165) is 6.08 Å². The molecule has 2 aromatic rings. The summed E-state index contributed by atoms with van der Waals surface area (Å²) in [7, 11) is 0. The fraction of sp³-hybridized carbons (Fsp3) is 0. The summed E-state index contributed by atoms with van der Waals surface area (Å²) < 4.78 is 5.06. The number of hydrogen-bond donors (Lipinski definition) is 1. The van der Waals surface area contributed by atoms with Crippen molar-refractivity contribution in [3.63, 3.8) is 0 Å². The molecule has 0 aromatic heterocycles. The molecule has 0 fully saturated rings. The van der Waals surface area contributed by atoms with Gasteiger partial charge in [-0.25, -0.2) is 4.79 Å². The van der Waals surface area contributed by atoms with Crippen LogP contribution in [-0.2, 0) is 4.79 Å². The summed E-state index contributed by atoms with van der Waals surface area (Å²) in [4.78, 5) is 11.2. The van der Waals surface area contributed by atoms with Crippen molar-refractivity contribution >= 4 is 28.3 Å². The first-order valence-electron chi connectivity index (χ1n) is 4.88. The van der Waals surface area contributed by atoms with Crippen LogP contribution in [0.4, 0.5) is 0 Å². The number of benzene rings is 2. The second-order valence-corrected chi connectivity index (χ2v) is 3.78. The van der Waals surface area contributed by atoms with Gasteiger partial charge in [0.1, 0.15) is 5.75 Å². The second-order valence-electron chi connectivity index (χ2n) is 3.38. The molecule has 0 aliphatic heterocycles. The van der Waals surface area contributed by atoms with Gasteiger partial charge in [-0.3, -0.25) is 0 Å². The van der Waals surface area contributed by atoms with Gasteiger partial charge in [0.25, 0.3) is 0 Å². The van der Waals surface area contributed by atoms with Crippen LogP contribution in [0.25, 0.3) is 10.8 Å². The van der Waals surface area contributed by atoms with Gasteiger partial charge in [-0.15, -0.1) is 0 Å². The van der Waals surface area contributed by atoms with E-state index in [0.29, 0.717) is 10.8 Å². The molecule has 0 aliphatic carbocycles. The number of esters is 1. The smallest absolute Gasteiger partial charge is 0.335 e. The van der Waals surface area contributed by atoms with Crippen LogP contribution in [-0.4, -0.2) is 11.1 Å². The van der Waals surface area contributed by atoms with Crippen molar-refractivity contribution in [1.29, 1.82) is 0 Å². The highest BCUT2D eigenvalue weighted by atomic mass is 35.5. The number of fused-ring (bicyclic) bond motifs is 1. The number of carbonyl (C=O) groups is 1. The zero-order valence-corrected chi connectivity index (χ0v) is 9.57. The van der Waals surface area contributed by atoms with Crippen LogP contribution in [0.2, 0.25) is 5.02 Å². The molecule has 2 rings (SSSR count). The molecule has 0 saturated carbocycles. The predicted octanol–water partition coefficient (Wildman–Crippen LogP) is 3.29. The van der Waals surface area contributed by atoms with E-state index in [-0.39, 0.29) is 16.5 Å². The van der Waals surface area contributed by atoms with Crippen LogP contribution >= 0.6 is 11.6 Å². The third-order valence-corrected chi connectivity index (χ3v) is 2.58. The number of rotatable bonds is 2. The van der Waals surface area contributed by atoms with E-state index in [1.807, 2.05) is 0 Å². The highest BCUT2D eigenvalue weighted by Gasteiger charge is 2.13. The predicted molar refractivity (Wildman–Crippen MR) is 66.5 cm³/mol. The fourth-order valence-electron chi connectivity index (χ4n) is 1.54. The lowest BCUT2D eigenvalue weighted by Crippen LogP contribution is -2.04. The third-order valence-electron chi connectivity index (χ3n) is 2.30. The number of carbonyl (C=O) groups excluding carboxylic acids is 1. The van der Waals surface area contributed by atoms with Gasteiger partial charge in [-0.1, -0.05) is 42.4 Å². The van der Waals surface area contributed by atoms with Crippen molar-refractivity contribution in [3.8, 4) is 11.5 Å². The van der Waals surface area contributed by atoms with E-state index in [1.165, 1.54) is 6.07 Å². The number of hydrogen-bond acceptors (Lipinski definition) is 3. The van der Waals surface area contributed by atoms with Gasteiger partial charge < -0.3 is 9.84 Å². The van der Waals surface area contributed by atoms with Crippen molar-refractivity contribution in [1.82, 2.24) is 0 Å². The molecule has 0 saturated heterocycles. The van der Waals surface area contributed by atoms with Crippen LogP contribution in [0.1, 0.15) is 0 Å². The second kappa shape index (κ2) is 4.47. The SMILES string of the molecule is C=CC(=O)Oc1c(Cl)cc(O)c2ccccc12. The van der Waals surface area contributed by atoms with Crippen LogP contribution < -0.4 is 4.74 Å². The van der Waals surface area contributed by atoms with Gasteiger partial charge in [0.2, 0.25) is 0 Å². The van der Waals surface area contributed by atoms with E-state index in [4.69, 9.17) is 16.3 Å². The number of aromatic hydroxyl groups is 1. The molecule has 4 heteroatoms. The summed E-state index contributed by atoms with van der Waals surface area (Å²) in [6.07, 6.45) is 1.05. The first kappa shape index (κ1) is 11.5. The molecule has 0 atom stereocenters. The molecule has 0 unspecified atom stereocenters. The molecule has 2 aromatic carbocycles. The average molecular weight is 249 g/mol. The third kappa shape index (κ3) is 2.10. The Morgan fingerprint density at radius 1 is 1.35 bits per heavy atom. The zero-order valence-electron chi connectivity index (χ0n) is 8.81. The van der Waals surface area contributed by atoms with Crippen molar-refractivity contribution in [2.75, 3.05) is 0 Å². The Hall–Kier alpha value is -2.00. The van der Waals surface area contributed by atoms with Gasteiger partial charge in [-0.2, -0.15) is 0 Å². The van der Waals surface area contributed by atoms with Crippen molar-refractivity contribution in [2.45, 2.75) is 0 Å². The minimum atomic E-state index is -0.595. The van der Waals surface area contributed by atoms with Gasteiger partial charge >= 0.3 is 5.97 Å². The monoisotopic (exact) mass is 248 g/mol. The lowest BCUT2D eigenvalue weighted by atomic mass is 10.1. The molecule has 0 aliphatic rings. The Morgan fingerprint density at radius 2 is 2.00 bits per heavy atom. The van der Waals surface area contributed by atoms with Crippen molar-refractivity contribution < 1.29 is 14.6 Å². The molecular weight excluding hydrogens is 240 g/mol. The highest BCUT2D eigenvalue weighted by molar-refractivity contribution is 6.33. The summed E-state index contributed by atoms with van der Waals surface area (Å²) in [6.45, 7) is 3.32. The Morgan fingerprint density at radius 3 is 2.65 bits per heavy atom. The van der Waals surface area contributed by atoms with E-state index in [9.17, 15) is 9.90 Å². The molecule has 0 bridgehead atoms. The quantitative estimate of drug-likeness (QED) is 0.504. The maximum atomic E-state index is 11.2. The zero-order chi connectivity index (χ0) is 12.4. The van der Waals surface area contributed by atoms with Crippen LogP contribution in [0.3, 0.4) is 0 Å². The normalized spacial score (nSPS) is 10.2. The fourth-order valence-corrected chi connectivity index (χ4v) is 1.79. The Bertz CT molecular complexity index is 605. The molecule has 0 heterocycles. The Balaban J connectivity index is 2.69. The first-order chi connectivity index (χ1) is 8.13. The number of phenols is 1. The lowest BCUT2D eigenvalue weighted by molar-refractivity contribution is -0.128. The van der Waals surface area contributed by atoms with Gasteiger partial charge in [0, 0.05) is 22.9 Å². The first-order valence-corrected chi connectivity index (χ1v) is 5.25. The maximum absolute atomic E-state index is 11.2. The number of ether oxygens (including phenoxy) is 1. The molecular formula is C13H9ClO3. The van der Waals surface area contributed by atoms with Crippen LogP contribution in [0.5, 0.6) is 11.5 Å². The lowest BCUT2D eigenvalue weighted by Gasteiger charge is -2.09. The summed E-state index contributed by atoms with van der Waals surface area (Å²) in [5.74, 6) is -0.322. The van der Waals surface area contributed by atoms with Gasteiger partial charge in [-0.05, 0) is 0 Å². The minimum absolute atomic E-state index is 0.0454. The number of phenolic OH excluding ortho intramolecular Hbond substituents is 1. The van der Waals surface area contributed by atoms with Crippen molar-refractivity contribution in [2.24, 2.45) is 0 Å². The number of halogens is 1. The molecule has 3 nitrogen and oxygen atoms in total. The van der Waals surface area contributed by atoms with E-state index < -0.39 is 5.97 Å². The van der Waals surface area contributed by atoms with Gasteiger partial charge in [0.05, 0.1) is 5.02 Å². The minimum Gasteiger partial charge on any atom is -0.507 e. The van der Waals surface area contributed by atoms with E-state index in [2.05, 4.69) is 6.58 Å². The average Bonchev–Trinajstić information content (AvgIpc) is 2.34. The topological polar surface area (TPSA) is 46.5 Å².